The molecule has 0 bridgehead atoms. The summed E-state index contributed by atoms with van der Waals surface area (Å²) in [7, 11) is -3.47. The number of hydrogen-bond donors (Lipinski definition) is 2. The van der Waals surface area contributed by atoms with Crippen LogP contribution < -0.4 is 10.0 Å². The van der Waals surface area contributed by atoms with E-state index in [-0.39, 0.29) is 6.42 Å². The summed E-state index contributed by atoms with van der Waals surface area (Å²) < 4.78 is 71.0. The van der Waals surface area contributed by atoms with Gasteiger partial charge in [-0.1, -0.05) is 18.2 Å². The molecule has 30 heavy (non-hydrogen) atoms. The molecule has 0 saturated heterocycles. The Balaban J connectivity index is 2.19. The molecule has 0 aliphatic carbocycles. The first-order valence-corrected chi connectivity index (χ1v) is 10.9. The third-order valence-electron chi connectivity index (χ3n) is 4.01. The standard InChI is InChI=1S/C18H19F3N2O5S2/c1-11(17(25)22-13(10-16(24)28-2)14-7-5-9-29-14)23-30(26,27)15-8-4-3-6-12(15)18(19,20)21/h3-9,11,13,23H,10H2,1-2H3,(H,22,25)/t11-,13?/m0/s1. The largest absolute Gasteiger partial charge is 0.469 e. The molecule has 2 N–H and O–H groups in total. The molecule has 0 aliphatic heterocycles. The summed E-state index contributed by atoms with van der Waals surface area (Å²) in [5.74, 6) is -1.41. The van der Waals surface area contributed by atoms with Crippen molar-refractivity contribution in [2.75, 3.05) is 7.11 Å². The van der Waals surface area contributed by atoms with Crippen molar-refractivity contribution < 1.29 is 35.9 Å². The number of alkyl halides is 3. The lowest BCUT2D eigenvalue weighted by molar-refractivity contribution is -0.141. The van der Waals surface area contributed by atoms with E-state index in [0.29, 0.717) is 10.9 Å². The van der Waals surface area contributed by atoms with Gasteiger partial charge in [0.2, 0.25) is 15.9 Å². The number of sulfonamides is 1. The first kappa shape index (κ1) is 23.8. The van der Waals surface area contributed by atoms with Crippen molar-refractivity contribution in [3.8, 4) is 0 Å². The van der Waals surface area contributed by atoms with Crippen LogP contribution in [0.2, 0.25) is 0 Å². The molecule has 164 valence electrons. The number of thiophene rings is 1. The molecule has 12 heteroatoms. The van der Waals surface area contributed by atoms with Crippen molar-refractivity contribution in [3.05, 3.63) is 52.2 Å². The van der Waals surface area contributed by atoms with Gasteiger partial charge in [-0.05, 0) is 30.5 Å². The lowest BCUT2D eigenvalue weighted by Gasteiger charge is -2.21. The molecule has 1 aromatic carbocycles. The Morgan fingerprint density at radius 3 is 2.40 bits per heavy atom. The maximum absolute atomic E-state index is 13.1. The first-order valence-electron chi connectivity index (χ1n) is 8.55. The minimum absolute atomic E-state index is 0.195. The predicted molar refractivity (Wildman–Crippen MR) is 103 cm³/mol. The zero-order valence-corrected chi connectivity index (χ0v) is 17.5. The van der Waals surface area contributed by atoms with Crippen LogP contribution in [0.3, 0.4) is 0 Å². The van der Waals surface area contributed by atoms with Gasteiger partial charge >= 0.3 is 12.1 Å². The van der Waals surface area contributed by atoms with Crippen molar-refractivity contribution in [1.29, 1.82) is 0 Å². The van der Waals surface area contributed by atoms with Gasteiger partial charge < -0.3 is 10.1 Å². The second-order valence-corrected chi connectivity index (χ2v) is 8.86. The number of esters is 1. The molecule has 1 amide bonds. The number of hydrogen-bond acceptors (Lipinski definition) is 6. The molecule has 0 saturated carbocycles. The molecule has 2 rings (SSSR count). The van der Waals surface area contributed by atoms with Crippen LogP contribution in [0.25, 0.3) is 0 Å². The highest BCUT2D eigenvalue weighted by atomic mass is 32.2. The number of halogens is 3. The number of nitrogens with one attached hydrogen (secondary N) is 2. The molecule has 1 heterocycles. The number of benzene rings is 1. The van der Waals surface area contributed by atoms with Crippen molar-refractivity contribution in [2.24, 2.45) is 0 Å². The van der Waals surface area contributed by atoms with Gasteiger partial charge in [0, 0.05) is 4.88 Å². The number of methoxy groups -OCH3 is 1. The zero-order valence-electron chi connectivity index (χ0n) is 15.9. The van der Waals surface area contributed by atoms with Crippen LogP contribution in [0.4, 0.5) is 13.2 Å². The van der Waals surface area contributed by atoms with Gasteiger partial charge in [-0.25, -0.2) is 8.42 Å². The minimum atomic E-state index is -4.89. The third-order valence-corrected chi connectivity index (χ3v) is 6.59. The van der Waals surface area contributed by atoms with Gasteiger partial charge in [0.1, 0.15) is 0 Å². The maximum Gasteiger partial charge on any atom is 0.417 e. The number of ether oxygens (including phenoxy) is 1. The average molecular weight is 464 g/mol. The van der Waals surface area contributed by atoms with Gasteiger partial charge in [-0.3, -0.25) is 9.59 Å². The Kier molecular flexibility index (Phi) is 7.61. The Bertz CT molecular complexity index is 992. The van der Waals surface area contributed by atoms with Gasteiger partial charge in [-0.2, -0.15) is 17.9 Å². The van der Waals surface area contributed by atoms with Crippen LogP contribution in [0.5, 0.6) is 0 Å². The number of carbonyl (C=O) groups is 2. The van der Waals surface area contributed by atoms with Gasteiger partial charge in [0.15, 0.2) is 0 Å². The van der Waals surface area contributed by atoms with E-state index in [2.05, 4.69) is 10.1 Å². The topological polar surface area (TPSA) is 102 Å². The highest BCUT2D eigenvalue weighted by molar-refractivity contribution is 7.89. The maximum atomic E-state index is 13.1. The fourth-order valence-corrected chi connectivity index (χ4v) is 4.75. The van der Waals surface area contributed by atoms with E-state index in [0.717, 1.165) is 18.2 Å². The van der Waals surface area contributed by atoms with E-state index >= 15 is 0 Å². The second-order valence-electron chi connectivity index (χ2n) is 6.19. The molecular weight excluding hydrogens is 445 g/mol. The fourth-order valence-electron chi connectivity index (χ4n) is 2.54. The van der Waals surface area contributed by atoms with Crippen molar-refractivity contribution in [3.63, 3.8) is 0 Å². The summed E-state index contributed by atoms with van der Waals surface area (Å²) in [5, 5.41) is 4.25. The Morgan fingerprint density at radius 2 is 1.83 bits per heavy atom. The summed E-state index contributed by atoms with van der Waals surface area (Å²) in [6.45, 7) is 1.19. The van der Waals surface area contributed by atoms with Gasteiger partial charge in [-0.15, -0.1) is 11.3 Å². The summed E-state index contributed by atoms with van der Waals surface area (Å²) in [4.78, 5) is 23.8. The van der Waals surface area contributed by atoms with Crippen LogP contribution in [0.15, 0.2) is 46.7 Å². The molecule has 0 radical (unpaired) electrons. The molecule has 2 atom stereocenters. The van der Waals surface area contributed by atoms with E-state index in [1.165, 1.54) is 25.4 Å². The third kappa shape index (κ3) is 6.03. The lowest BCUT2D eigenvalue weighted by atomic mass is 10.1. The van der Waals surface area contributed by atoms with Crippen LogP contribution >= 0.6 is 11.3 Å². The summed E-state index contributed by atoms with van der Waals surface area (Å²) >= 11 is 1.27. The molecule has 0 spiro atoms. The summed E-state index contributed by atoms with van der Waals surface area (Å²) in [5.41, 5.74) is -1.34. The lowest BCUT2D eigenvalue weighted by Crippen LogP contribution is -2.46. The molecule has 0 aliphatic rings. The number of carbonyl (C=O) groups excluding carboxylic acids is 2. The second kappa shape index (κ2) is 9.58. The Morgan fingerprint density at radius 1 is 1.17 bits per heavy atom. The van der Waals surface area contributed by atoms with Crippen molar-refractivity contribution in [2.45, 2.75) is 36.5 Å². The summed E-state index contributed by atoms with van der Waals surface area (Å²) in [6, 6.07) is 4.86. The van der Waals surface area contributed by atoms with Gasteiger partial charge in [0.25, 0.3) is 0 Å². The highest BCUT2D eigenvalue weighted by Gasteiger charge is 2.37. The van der Waals surface area contributed by atoms with E-state index in [1.54, 1.807) is 17.5 Å². The molecule has 2 aromatic rings. The average Bonchev–Trinajstić information content (AvgIpc) is 3.21. The minimum Gasteiger partial charge on any atom is -0.469 e. The molecule has 1 unspecified atom stereocenters. The Hall–Kier alpha value is -2.44. The monoisotopic (exact) mass is 464 g/mol. The van der Waals surface area contributed by atoms with E-state index in [4.69, 9.17) is 0 Å². The fraction of sp³-hybridized carbons (Fsp3) is 0.333. The van der Waals surface area contributed by atoms with E-state index in [9.17, 15) is 31.2 Å². The number of rotatable bonds is 8. The summed E-state index contributed by atoms with van der Waals surface area (Å²) in [6.07, 6.45) is -5.08. The van der Waals surface area contributed by atoms with Crippen molar-refractivity contribution in [1.82, 2.24) is 10.0 Å². The van der Waals surface area contributed by atoms with Crippen LogP contribution in [0, 0.1) is 0 Å². The van der Waals surface area contributed by atoms with E-state index in [1.807, 2.05) is 4.72 Å². The smallest absolute Gasteiger partial charge is 0.417 e. The SMILES string of the molecule is COC(=O)CC(NC(=O)[C@H](C)NS(=O)(=O)c1ccccc1C(F)(F)F)c1cccs1. The van der Waals surface area contributed by atoms with Gasteiger partial charge in [0.05, 0.1) is 36.1 Å². The van der Waals surface area contributed by atoms with Crippen LogP contribution in [-0.2, 0) is 30.5 Å². The molecule has 0 fully saturated rings. The predicted octanol–water partition coefficient (Wildman–Crippen LogP) is 2.85. The van der Waals surface area contributed by atoms with E-state index < -0.39 is 50.6 Å². The van der Waals surface area contributed by atoms with Crippen LogP contribution in [-0.4, -0.2) is 33.4 Å². The highest BCUT2D eigenvalue weighted by Crippen LogP contribution is 2.34. The zero-order chi connectivity index (χ0) is 22.5. The molecular formula is C18H19F3N2O5S2. The Labute approximate surface area is 175 Å². The molecule has 1 aromatic heterocycles. The molecule has 7 nitrogen and oxygen atoms in total. The van der Waals surface area contributed by atoms with Crippen LogP contribution in [0.1, 0.15) is 29.8 Å². The quantitative estimate of drug-likeness (QED) is 0.585. The number of amides is 1. The normalized spacial score (nSPS) is 14.0. The van der Waals surface area contributed by atoms with Crippen molar-refractivity contribution >= 4 is 33.2 Å². The first-order chi connectivity index (χ1) is 14.0.